The quantitative estimate of drug-likeness (QED) is 0.329. The van der Waals surface area contributed by atoms with Crippen LogP contribution in [0, 0.1) is 0 Å². The third kappa shape index (κ3) is 2.98. The van der Waals surface area contributed by atoms with Crippen LogP contribution in [0.3, 0.4) is 0 Å². The van der Waals surface area contributed by atoms with Crippen molar-refractivity contribution in [3.8, 4) is 34.1 Å². The zero-order valence-electron chi connectivity index (χ0n) is 18.7. The van der Waals surface area contributed by atoms with Gasteiger partial charge in [-0.05, 0) is 48.2 Å². The van der Waals surface area contributed by atoms with Crippen LogP contribution in [0.4, 0.5) is 0 Å². The van der Waals surface area contributed by atoms with Crippen molar-refractivity contribution in [1.82, 2.24) is 0 Å². The molecule has 0 heterocycles. The monoisotopic (exact) mass is 438 g/mol. The highest BCUT2D eigenvalue weighted by Gasteiger charge is 2.49. The molecule has 0 unspecified atom stereocenters. The van der Waals surface area contributed by atoms with Crippen LogP contribution in [-0.2, 0) is 5.41 Å². The van der Waals surface area contributed by atoms with Crippen LogP contribution in [0.15, 0.2) is 84.9 Å². The maximum absolute atomic E-state index is 11.5. The summed E-state index contributed by atoms with van der Waals surface area (Å²) in [5.74, 6) is 0.951. The highest BCUT2D eigenvalue weighted by Crippen LogP contribution is 2.60. The van der Waals surface area contributed by atoms with E-state index >= 15 is 0 Å². The average Bonchev–Trinajstić information content (AvgIpc) is 3.13. The zero-order chi connectivity index (χ0) is 23.0. The van der Waals surface area contributed by atoms with E-state index in [1.165, 1.54) is 0 Å². The van der Waals surface area contributed by atoms with Crippen molar-refractivity contribution in [2.24, 2.45) is 0 Å². The van der Waals surface area contributed by atoms with Crippen LogP contribution < -0.4 is 9.47 Å². The third-order valence-corrected chi connectivity index (χ3v) is 6.36. The Morgan fingerprint density at radius 1 is 0.545 bits per heavy atom. The number of hydrogen-bond acceptors (Lipinski definition) is 4. The summed E-state index contributed by atoms with van der Waals surface area (Å²) in [6.07, 6.45) is 0. The van der Waals surface area contributed by atoms with Crippen LogP contribution in [-0.4, -0.2) is 23.4 Å². The minimum absolute atomic E-state index is 0.0621. The fourth-order valence-electron chi connectivity index (χ4n) is 5.15. The molecule has 4 aromatic carbocycles. The van der Waals surface area contributed by atoms with Gasteiger partial charge in [-0.2, -0.15) is 0 Å². The molecule has 4 heteroatoms. The van der Waals surface area contributed by atoms with E-state index in [1.54, 1.807) is 12.1 Å². The minimum Gasteiger partial charge on any atom is -0.504 e. The first-order valence-corrected chi connectivity index (χ1v) is 11.2. The molecule has 0 bridgehead atoms. The number of rotatable bonds is 6. The van der Waals surface area contributed by atoms with E-state index in [-0.39, 0.29) is 11.5 Å². The predicted molar refractivity (Wildman–Crippen MR) is 129 cm³/mol. The van der Waals surface area contributed by atoms with Gasteiger partial charge in [0.15, 0.2) is 23.0 Å². The fraction of sp³-hybridized carbons (Fsp3) is 0.172. The Kier molecular flexibility index (Phi) is 5.21. The summed E-state index contributed by atoms with van der Waals surface area (Å²) in [5, 5.41) is 23.0. The fourth-order valence-corrected chi connectivity index (χ4v) is 5.15. The number of benzene rings is 4. The number of aromatic hydroxyl groups is 2. The second-order valence-electron chi connectivity index (χ2n) is 8.01. The molecule has 0 amide bonds. The molecular formula is C29H26O4. The Morgan fingerprint density at radius 3 is 1.36 bits per heavy atom. The first kappa shape index (κ1) is 21.0. The average molecular weight is 439 g/mol. The Bertz CT molecular complexity index is 1220. The normalized spacial score (nSPS) is 13.3. The highest BCUT2D eigenvalue weighted by atomic mass is 16.5. The van der Waals surface area contributed by atoms with E-state index < -0.39 is 5.41 Å². The molecule has 1 aliphatic carbocycles. The second kappa shape index (κ2) is 8.21. The van der Waals surface area contributed by atoms with Gasteiger partial charge in [0.1, 0.15) is 0 Å². The third-order valence-electron chi connectivity index (χ3n) is 6.36. The molecule has 0 fully saturated rings. The summed E-state index contributed by atoms with van der Waals surface area (Å²) in [5.41, 5.74) is 4.44. The van der Waals surface area contributed by atoms with E-state index in [2.05, 4.69) is 24.3 Å². The summed E-state index contributed by atoms with van der Waals surface area (Å²) in [6, 6.07) is 27.4. The van der Waals surface area contributed by atoms with E-state index in [9.17, 15) is 10.2 Å². The Balaban J connectivity index is 1.96. The number of fused-ring (bicyclic) bond motifs is 3. The van der Waals surface area contributed by atoms with Crippen molar-refractivity contribution in [3.05, 3.63) is 107 Å². The standard InChI is InChI=1S/C29H26O4/c1-3-32-25-17-9-15-23(27(25)30)29(24-16-10-18-26(28(24)31)33-4-2)21-13-7-5-11-19(21)20-12-6-8-14-22(20)29/h5-18,30-31H,3-4H2,1-2H3. The van der Waals surface area contributed by atoms with Crippen LogP contribution in [0.2, 0.25) is 0 Å². The molecule has 0 atom stereocenters. The van der Waals surface area contributed by atoms with Crippen molar-refractivity contribution in [2.75, 3.05) is 13.2 Å². The van der Waals surface area contributed by atoms with Crippen molar-refractivity contribution < 1.29 is 19.7 Å². The first-order chi connectivity index (χ1) is 16.1. The van der Waals surface area contributed by atoms with E-state index in [0.29, 0.717) is 35.8 Å². The summed E-state index contributed by atoms with van der Waals surface area (Å²) in [4.78, 5) is 0. The van der Waals surface area contributed by atoms with Gasteiger partial charge in [0, 0.05) is 11.1 Å². The molecule has 4 nitrogen and oxygen atoms in total. The van der Waals surface area contributed by atoms with Crippen LogP contribution in [0.25, 0.3) is 11.1 Å². The highest BCUT2D eigenvalue weighted by molar-refractivity contribution is 5.88. The van der Waals surface area contributed by atoms with Crippen molar-refractivity contribution in [1.29, 1.82) is 0 Å². The van der Waals surface area contributed by atoms with Crippen molar-refractivity contribution in [2.45, 2.75) is 19.3 Å². The Labute approximate surface area is 193 Å². The molecule has 2 N–H and O–H groups in total. The lowest BCUT2D eigenvalue weighted by Crippen LogP contribution is -2.29. The van der Waals surface area contributed by atoms with Gasteiger partial charge >= 0.3 is 0 Å². The van der Waals surface area contributed by atoms with E-state index in [4.69, 9.17) is 9.47 Å². The molecule has 166 valence electrons. The number of phenolic OH excluding ortho intramolecular Hbond substituents is 2. The molecule has 0 saturated heterocycles. The van der Waals surface area contributed by atoms with Crippen LogP contribution >= 0.6 is 0 Å². The number of ether oxygens (including phenoxy) is 2. The van der Waals surface area contributed by atoms with Crippen molar-refractivity contribution >= 4 is 0 Å². The van der Waals surface area contributed by atoms with Gasteiger partial charge in [-0.25, -0.2) is 0 Å². The molecule has 0 radical (unpaired) electrons. The van der Waals surface area contributed by atoms with Gasteiger partial charge in [-0.15, -0.1) is 0 Å². The lowest BCUT2D eigenvalue weighted by Gasteiger charge is -2.35. The van der Waals surface area contributed by atoms with Crippen LogP contribution in [0.1, 0.15) is 36.1 Å². The summed E-state index contributed by atoms with van der Waals surface area (Å²) < 4.78 is 11.5. The topological polar surface area (TPSA) is 58.9 Å². The Hall–Kier alpha value is -3.92. The maximum Gasteiger partial charge on any atom is 0.162 e. The van der Waals surface area contributed by atoms with Crippen molar-refractivity contribution in [3.63, 3.8) is 0 Å². The number of hydrogen-bond donors (Lipinski definition) is 2. The smallest absolute Gasteiger partial charge is 0.162 e. The summed E-state index contributed by atoms with van der Waals surface area (Å²) >= 11 is 0. The maximum atomic E-state index is 11.5. The number of phenols is 2. The first-order valence-electron chi connectivity index (χ1n) is 11.2. The van der Waals surface area contributed by atoms with Crippen LogP contribution in [0.5, 0.6) is 23.0 Å². The Morgan fingerprint density at radius 2 is 0.939 bits per heavy atom. The molecule has 0 saturated carbocycles. The van der Waals surface area contributed by atoms with Gasteiger partial charge < -0.3 is 19.7 Å². The van der Waals surface area contributed by atoms with Gasteiger partial charge in [-0.3, -0.25) is 0 Å². The largest absolute Gasteiger partial charge is 0.504 e. The second-order valence-corrected chi connectivity index (χ2v) is 8.01. The van der Waals surface area contributed by atoms with E-state index in [0.717, 1.165) is 22.3 Å². The van der Waals surface area contributed by atoms with Gasteiger partial charge in [-0.1, -0.05) is 72.8 Å². The summed E-state index contributed by atoms with van der Waals surface area (Å²) in [6.45, 7) is 4.64. The van der Waals surface area contributed by atoms with Gasteiger partial charge in [0.2, 0.25) is 0 Å². The molecular weight excluding hydrogens is 412 g/mol. The molecule has 33 heavy (non-hydrogen) atoms. The SMILES string of the molecule is CCOc1cccc(C2(c3cccc(OCC)c3O)c3ccccc3-c3ccccc32)c1O. The number of para-hydroxylation sites is 2. The molecule has 4 aromatic rings. The predicted octanol–water partition coefficient (Wildman–Crippen LogP) is 6.26. The molecule has 0 spiro atoms. The lowest BCUT2D eigenvalue weighted by atomic mass is 9.67. The zero-order valence-corrected chi connectivity index (χ0v) is 18.7. The van der Waals surface area contributed by atoms with E-state index in [1.807, 2.05) is 62.4 Å². The van der Waals surface area contributed by atoms with Gasteiger partial charge in [0.25, 0.3) is 0 Å². The van der Waals surface area contributed by atoms with Gasteiger partial charge in [0.05, 0.1) is 18.6 Å². The molecule has 1 aliphatic rings. The summed E-state index contributed by atoms with van der Waals surface area (Å²) in [7, 11) is 0. The molecule has 0 aromatic heterocycles. The molecule has 5 rings (SSSR count). The minimum atomic E-state index is -0.957. The lowest BCUT2D eigenvalue weighted by molar-refractivity contribution is 0.312. The molecule has 0 aliphatic heterocycles.